The molecule has 1 atom stereocenters. The summed E-state index contributed by atoms with van der Waals surface area (Å²) >= 11 is 6.30. The molecule has 4 aromatic rings. The Morgan fingerprint density at radius 3 is 2.35 bits per heavy atom. The van der Waals surface area contributed by atoms with E-state index in [1.807, 2.05) is 47.0 Å². The van der Waals surface area contributed by atoms with Gasteiger partial charge in [-0.25, -0.2) is 9.78 Å². The van der Waals surface area contributed by atoms with Crippen LogP contribution in [-0.2, 0) is 35.4 Å². The van der Waals surface area contributed by atoms with E-state index in [4.69, 9.17) is 11.6 Å². The molecule has 4 rings (SSSR count). The molecule has 0 aliphatic heterocycles. The number of unbranched alkanes of at least 4 members (excludes halogenated alkanes) is 1. The van der Waals surface area contributed by atoms with E-state index >= 15 is 0 Å². The summed E-state index contributed by atoms with van der Waals surface area (Å²) in [5.41, 5.74) is 2.83. The summed E-state index contributed by atoms with van der Waals surface area (Å²) in [7, 11) is 0. The highest BCUT2D eigenvalue weighted by molar-refractivity contribution is 6.30. The number of halogens is 1. The fourth-order valence-electron chi connectivity index (χ4n) is 4.63. The van der Waals surface area contributed by atoms with Gasteiger partial charge in [0.2, 0.25) is 5.91 Å². The number of hydrogen-bond acceptors (Lipinski definition) is 4. The monoisotopic (exact) mass is 562 g/mol. The zero-order valence-corrected chi connectivity index (χ0v) is 22.8. The van der Waals surface area contributed by atoms with Crippen LogP contribution in [0.2, 0.25) is 5.15 Å². The molecule has 40 heavy (non-hydrogen) atoms. The number of carboxylic acid groups (broad SMARTS) is 2. The molecule has 10 heteroatoms. The van der Waals surface area contributed by atoms with Crippen LogP contribution in [-0.4, -0.2) is 42.2 Å². The third-order valence-electron chi connectivity index (χ3n) is 6.65. The van der Waals surface area contributed by atoms with Crippen molar-refractivity contribution in [2.24, 2.45) is 0 Å². The summed E-state index contributed by atoms with van der Waals surface area (Å²) in [5.74, 6) is -1.70. The summed E-state index contributed by atoms with van der Waals surface area (Å²) in [6, 6.07) is 19.0. The maximum Gasteiger partial charge on any atom is 0.352 e. The van der Waals surface area contributed by atoms with E-state index in [9.17, 15) is 24.6 Å². The van der Waals surface area contributed by atoms with Gasteiger partial charge in [0.1, 0.15) is 17.6 Å². The first-order chi connectivity index (χ1) is 19.3. The van der Waals surface area contributed by atoms with Gasteiger partial charge in [0.25, 0.3) is 0 Å². The molecular weight excluding hydrogens is 532 g/mol. The number of nitrogens with zero attached hydrogens (tertiary/aromatic N) is 3. The predicted octanol–water partition coefficient (Wildman–Crippen LogP) is 5.48. The van der Waals surface area contributed by atoms with Gasteiger partial charge < -0.3 is 24.7 Å². The Morgan fingerprint density at radius 1 is 0.975 bits per heavy atom. The summed E-state index contributed by atoms with van der Waals surface area (Å²) in [6.45, 7) is 2.46. The number of carboxylic acids is 2. The first kappa shape index (κ1) is 28.6. The molecule has 208 valence electrons. The van der Waals surface area contributed by atoms with Crippen LogP contribution in [0.25, 0.3) is 0 Å². The fraction of sp³-hybridized carbons (Fsp3) is 0.267. The average molecular weight is 563 g/mol. The molecule has 2 aromatic carbocycles. The van der Waals surface area contributed by atoms with Crippen molar-refractivity contribution in [2.45, 2.75) is 51.6 Å². The number of anilines is 1. The van der Waals surface area contributed by atoms with Crippen LogP contribution in [0.3, 0.4) is 0 Å². The lowest BCUT2D eigenvalue weighted by molar-refractivity contribution is -0.136. The molecule has 2 aromatic heterocycles. The van der Waals surface area contributed by atoms with Crippen LogP contribution in [0.5, 0.6) is 0 Å². The van der Waals surface area contributed by atoms with Crippen LogP contribution < -0.4 is 5.32 Å². The van der Waals surface area contributed by atoms with Gasteiger partial charge in [-0.2, -0.15) is 0 Å². The molecule has 0 bridgehead atoms. The van der Waals surface area contributed by atoms with Crippen molar-refractivity contribution in [2.75, 3.05) is 5.32 Å². The molecule has 0 aliphatic rings. The van der Waals surface area contributed by atoms with Crippen LogP contribution in [0.4, 0.5) is 5.69 Å². The lowest BCUT2D eigenvalue weighted by atomic mass is 10.0. The third-order valence-corrected chi connectivity index (χ3v) is 6.95. The number of aliphatic carboxylic acids is 1. The van der Waals surface area contributed by atoms with Gasteiger partial charge in [-0.05, 0) is 41.8 Å². The third kappa shape index (κ3) is 6.98. The van der Waals surface area contributed by atoms with Crippen molar-refractivity contribution >= 4 is 35.1 Å². The lowest BCUT2D eigenvalue weighted by Crippen LogP contribution is -2.29. The number of carbonyl (C=O) groups is 3. The molecule has 9 nitrogen and oxygen atoms in total. The number of rotatable bonds is 13. The molecule has 0 radical (unpaired) electrons. The van der Waals surface area contributed by atoms with Gasteiger partial charge in [-0.15, -0.1) is 0 Å². The topological polar surface area (TPSA) is 126 Å². The molecule has 0 saturated carbocycles. The second-order valence-electron chi connectivity index (χ2n) is 9.52. The quantitative estimate of drug-likeness (QED) is 0.198. The average Bonchev–Trinajstić information content (AvgIpc) is 3.53. The zero-order valence-electron chi connectivity index (χ0n) is 22.1. The van der Waals surface area contributed by atoms with Gasteiger partial charge in [0.05, 0.1) is 12.1 Å². The number of carbonyl (C=O) groups excluding carboxylic acids is 1. The van der Waals surface area contributed by atoms with E-state index in [0.717, 1.165) is 29.8 Å². The number of benzene rings is 2. The second kappa shape index (κ2) is 13.1. The van der Waals surface area contributed by atoms with Gasteiger partial charge in [0.15, 0.2) is 5.15 Å². The Labute approximate surface area is 237 Å². The Bertz CT molecular complexity index is 1480. The number of aromatic carboxylic acids is 1. The van der Waals surface area contributed by atoms with Crippen LogP contribution in [0.15, 0.2) is 72.9 Å². The lowest BCUT2D eigenvalue weighted by Gasteiger charge is -2.21. The SMILES string of the molecule is CCCCc1nc(Cl)c(CC(=O)O)n1Cc1ccc(NC(=O)[C@H](Cc2ccccc2)n2cccc2C(=O)O)cc1. The van der Waals surface area contributed by atoms with Crippen LogP contribution in [0.1, 0.15) is 58.9 Å². The van der Waals surface area contributed by atoms with Gasteiger partial charge >= 0.3 is 11.9 Å². The van der Waals surface area contributed by atoms with Crippen molar-refractivity contribution in [3.63, 3.8) is 0 Å². The number of hydrogen-bond donors (Lipinski definition) is 3. The minimum atomic E-state index is -1.11. The van der Waals surface area contributed by atoms with E-state index in [0.29, 0.717) is 30.8 Å². The normalized spacial score (nSPS) is 11.8. The second-order valence-corrected chi connectivity index (χ2v) is 9.88. The Kier molecular flexibility index (Phi) is 9.39. The first-order valence-corrected chi connectivity index (χ1v) is 13.4. The molecule has 0 unspecified atom stereocenters. The molecule has 2 heterocycles. The molecule has 0 fully saturated rings. The number of aromatic nitrogens is 3. The van der Waals surface area contributed by atoms with Crippen molar-refractivity contribution < 1.29 is 24.6 Å². The van der Waals surface area contributed by atoms with E-state index < -0.39 is 18.0 Å². The highest BCUT2D eigenvalue weighted by Crippen LogP contribution is 2.24. The molecule has 3 N–H and O–H groups in total. The number of nitrogens with one attached hydrogen (secondary N) is 1. The summed E-state index contributed by atoms with van der Waals surface area (Å²) in [5, 5.41) is 22.1. The number of amides is 1. The molecule has 0 spiro atoms. The van der Waals surface area contributed by atoms with Crippen molar-refractivity contribution in [1.29, 1.82) is 0 Å². The van der Waals surface area contributed by atoms with Crippen molar-refractivity contribution in [3.05, 3.63) is 106 Å². The van der Waals surface area contributed by atoms with Crippen LogP contribution in [0, 0.1) is 0 Å². The Hall–Kier alpha value is -4.37. The number of imidazole rings is 1. The van der Waals surface area contributed by atoms with Crippen molar-refractivity contribution in [1.82, 2.24) is 14.1 Å². The molecule has 0 saturated heterocycles. The van der Waals surface area contributed by atoms with Crippen molar-refractivity contribution in [3.8, 4) is 0 Å². The highest BCUT2D eigenvalue weighted by atomic mass is 35.5. The maximum atomic E-state index is 13.5. The number of aryl methyl sites for hydroxylation is 1. The van der Waals surface area contributed by atoms with Crippen LogP contribution >= 0.6 is 11.6 Å². The van der Waals surface area contributed by atoms with E-state index in [1.165, 1.54) is 10.6 Å². The first-order valence-electron chi connectivity index (χ1n) is 13.1. The minimum absolute atomic E-state index is 0.0291. The highest BCUT2D eigenvalue weighted by Gasteiger charge is 2.25. The smallest absolute Gasteiger partial charge is 0.352 e. The van der Waals surface area contributed by atoms with Gasteiger partial charge in [-0.1, -0.05) is 67.4 Å². The Balaban J connectivity index is 1.54. The zero-order chi connectivity index (χ0) is 28.6. The summed E-state index contributed by atoms with van der Waals surface area (Å²) in [6.07, 6.45) is 4.24. The maximum absolute atomic E-state index is 13.5. The molecular formula is C30H31ClN4O5. The van der Waals surface area contributed by atoms with E-state index in [2.05, 4.69) is 17.2 Å². The van der Waals surface area contributed by atoms with E-state index in [1.54, 1.807) is 24.4 Å². The largest absolute Gasteiger partial charge is 0.481 e. The summed E-state index contributed by atoms with van der Waals surface area (Å²) in [4.78, 5) is 41.1. The van der Waals surface area contributed by atoms with Gasteiger partial charge in [0, 0.05) is 31.3 Å². The summed E-state index contributed by atoms with van der Waals surface area (Å²) < 4.78 is 3.33. The predicted molar refractivity (Wildman–Crippen MR) is 152 cm³/mol. The Morgan fingerprint density at radius 2 is 1.70 bits per heavy atom. The van der Waals surface area contributed by atoms with E-state index in [-0.39, 0.29) is 23.2 Å². The molecule has 0 aliphatic carbocycles. The molecule has 1 amide bonds. The fourth-order valence-corrected chi connectivity index (χ4v) is 4.90. The van der Waals surface area contributed by atoms with Gasteiger partial charge in [-0.3, -0.25) is 9.59 Å². The standard InChI is InChI=1S/C30H31ClN4O5/c1-2-3-11-26-33-28(31)24(18-27(36)37)35(26)19-21-12-14-22(15-13-21)32-29(38)25(17-20-8-5-4-6-9-20)34-16-7-10-23(34)30(39)40/h4-10,12-16,25H,2-3,11,17-19H2,1H3,(H,32,38)(H,36,37)(H,39,40)/t25-/m0/s1. The minimum Gasteiger partial charge on any atom is -0.481 e.